The predicted octanol–water partition coefficient (Wildman–Crippen LogP) is 4.19. The van der Waals surface area contributed by atoms with E-state index in [1.54, 1.807) is 0 Å². The Balaban J connectivity index is 2.06. The number of hydrogen-bond donors (Lipinski definition) is 2. The fourth-order valence-electron chi connectivity index (χ4n) is 2.96. The van der Waals surface area contributed by atoms with E-state index in [0.29, 0.717) is 6.04 Å². The Kier molecular flexibility index (Phi) is 4.69. The summed E-state index contributed by atoms with van der Waals surface area (Å²) in [6, 6.07) is 6.60. The zero-order valence-electron chi connectivity index (χ0n) is 13.0. The Bertz CT molecular complexity index is 484. The van der Waals surface area contributed by atoms with Crippen LogP contribution in [0.25, 0.3) is 0 Å². The molecule has 0 bridgehead atoms. The molecule has 110 valence electrons. The maximum absolute atomic E-state index is 11.1. The van der Waals surface area contributed by atoms with Crippen LogP contribution in [0.3, 0.4) is 0 Å². The molecular weight excluding hydrogens is 248 g/mol. The zero-order valence-corrected chi connectivity index (χ0v) is 13.0. The van der Waals surface area contributed by atoms with Crippen molar-refractivity contribution in [2.75, 3.05) is 10.6 Å². The number of nitrogens with one attached hydrogen (secondary N) is 2. The van der Waals surface area contributed by atoms with Crippen molar-refractivity contribution in [3.05, 3.63) is 23.8 Å². The smallest absolute Gasteiger partial charge is 0.221 e. The molecule has 0 saturated heterocycles. The largest absolute Gasteiger partial charge is 0.382 e. The lowest BCUT2D eigenvalue weighted by atomic mass is 9.79. The van der Waals surface area contributed by atoms with Gasteiger partial charge in [0.05, 0.1) is 0 Å². The van der Waals surface area contributed by atoms with Gasteiger partial charge in [0, 0.05) is 24.3 Å². The molecule has 1 fully saturated rings. The van der Waals surface area contributed by atoms with Gasteiger partial charge in [0.15, 0.2) is 0 Å². The third kappa shape index (κ3) is 3.75. The van der Waals surface area contributed by atoms with E-state index in [-0.39, 0.29) is 5.91 Å². The molecule has 1 aliphatic rings. The monoisotopic (exact) mass is 274 g/mol. The lowest BCUT2D eigenvalue weighted by molar-refractivity contribution is -0.114. The zero-order chi connectivity index (χ0) is 14.7. The summed E-state index contributed by atoms with van der Waals surface area (Å²) in [5.74, 6) is 1.58. The highest BCUT2D eigenvalue weighted by atomic mass is 16.1. The Morgan fingerprint density at radius 3 is 2.60 bits per heavy atom. The Morgan fingerprint density at radius 2 is 1.95 bits per heavy atom. The van der Waals surface area contributed by atoms with E-state index in [2.05, 4.69) is 37.5 Å². The SMILES string of the molecule is CC(=O)Nc1ccc(C)c(NC2CCC(C)C(C)C2)c1. The van der Waals surface area contributed by atoms with Gasteiger partial charge in [-0.1, -0.05) is 19.9 Å². The van der Waals surface area contributed by atoms with Crippen molar-refractivity contribution < 1.29 is 4.79 Å². The molecule has 1 aromatic carbocycles. The number of carbonyl (C=O) groups is 1. The first-order valence-corrected chi connectivity index (χ1v) is 7.60. The van der Waals surface area contributed by atoms with Gasteiger partial charge >= 0.3 is 0 Å². The predicted molar refractivity (Wildman–Crippen MR) is 85.1 cm³/mol. The van der Waals surface area contributed by atoms with Crippen LogP contribution in [-0.4, -0.2) is 11.9 Å². The number of anilines is 2. The summed E-state index contributed by atoms with van der Waals surface area (Å²) >= 11 is 0. The van der Waals surface area contributed by atoms with E-state index in [4.69, 9.17) is 0 Å². The molecule has 1 aliphatic carbocycles. The molecule has 1 amide bonds. The van der Waals surface area contributed by atoms with Gasteiger partial charge in [-0.25, -0.2) is 0 Å². The first-order chi connectivity index (χ1) is 9.45. The van der Waals surface area contributed by atoms with Gasteiger partial charge in [0.1, 0.15) is 0 Å². The molecule has 3 heteroatoms. The van der Waals surface area contributed by atoms with Crippen molar-refractivity contribution in [1.82, 2.24) is 0 Å². The summed E-state index contributed by atoms with van der Waals surface area (Å²) in [6.45, 7) is 8.34. The molecule has 0 radical (unpaired) electrons. The van der Waals surface area contributed by atoms with Crippen LogP contribution in [0, 0.1) is 18.8 Å². The van der Waals surface area contributed by atoms with E-state index in [1.807, 2.05) is 12.1 Å². The van der Waals surface area contributed by atoms with Gasteiger partial charge in [0.2, 0.25) is 5.91 Å². The maximum atomic E-state index is 11.1. The summed E-state index contributed by atoms with van der Waals surface area (Å²) < 4.78 is 0. The third-order valence-electron chi connectivity index (χ3n) is 4.52. The minimum Gasteiger partial charge on any atom is -0.382 e. The molecular formula is C17H26N2O. The van der Waals surface area contributed by atoms with Crippen LogP contribution >= 0.6 is 0 Å². The summed E-state index contributed by atoms with van der Waals surface area (Å²) in [5, 5.41) is 6.51. The number of benzene rings is 1. The summed E-state index contributed by atoms with van der Waals surface area (Å²) in [7, 11) is 0. The van der Waals surface area contributed by atoms with Crippen LogP contribution in [0.2, 0.25) is 0 Å². The maximum Gasteiger partial charge on any atom is 0.221 e. The van der Waals surface area contributed by atoms with Crippen LogP contribution in [0.4, 0.5) is 11.4 Å². The summed E-state index contributed by atoms with van der Waals surface area (Å²) in [5.41, 5.74) is 3.23. The standard InChI is InChI=1S/C17H26N2O/c1-11-5-7-15(9-13(11)3)19-17-10-16(18-14(4)20)8-6-12(17)2/h6,8,10-11,13,15,19H,5,7,9H2,1-4H3,(H,18,20). The molecule has 3 nitrogen and oxygen atoms in total. The minimum atomic E-state index is -0.0279. The van der Waals surface area contributed by atoms with E-state index in [1.165, 1.54) is 31.7 Å². The highest BCUT2D eigenvalue weighted by Gasteiger charge is 2.24. The lowest BCUT2D eigenvalue weighted by Crippen LogP contribution is -2.30. The third-order valence-corrected chi connectivity index (χ3v) is 4.52. The minimum absolute atomic E-state index is 0.0279. The summed E-state index contributed by atoms with van der Waals surface area (Å²) in [6.07, 6.45) is 3.75. The van der Waals surface area contributed by atoms with Gasteiger partial charge in [-0.05, 0) is 55.7 Å². The van der Waals surface area contributed by atoms with Crippen LogP contribution in [0.15, 0.2) is 18.2 Å². The van der Waals surface area contributed by atoms with Gasteiger partial charge in [0.25, 0.3) is 0 Å². The number of amides is 1. The highest BCUT2D eigenvalue weighted by molar-refractivity contribution is 5.89. The van der Waals surface area contributed by atoms with Crippen molar-refractivity contribution in [1.29, 1.82) is 0 Å². The number of carbonyl (C=O) groups excluding carboxylic acids is 1. The molecule has 0 aliphatic heterocycles. The molecule has 0 heterocycles. The lowest BCUT2D eigenvalue weighted by Gasteiger charge is -2.33. The first-order valence-electron chi connectivity index (χ1n) is 7.60. The van der Waals surface area contributed by atoms with Crippen LogP contribution in [0.1, 0.15) is 45.6 Å². The van der Waals surface area contributed by atoms with Crippen molar-refractivity contribution >= 4 is 17.3 Å². The fraction of sp³-hybridized carbons (Fsp3) is 0.588. The molecule has 2 N–H and O–H groups in total. The average Bonchev–Trinajstić information content (AvgIpc) is 2.37. The Morgan fingerprint density at radius 1 is 1.20 bits per heavy atom. The van der Waals surface area contributed by atoms with Gasteiger partial charge in [-0.3, -0.25) is 4.79 Å². The molecule has 1 aromatic rings. The van der Waals surface area contributed by atoms with Crippen molar-refractivity contribution in [2.45, 2.75) is 53.0 Å². The quantitative estimate of drug-likeness (QED) is 0.867. The fourth-order valence-corrected chi connectivity index (χ4v) is 2.96. The van der Waals surface area contributed by atoms with Crippen LogP contribution in [-0.2, 0) is 4.79 Å². The topological polar surface area (TPSA) is 41.1 Å². The number of rotatable bonds is 3. The second kappa shape index (κ2) is 6.29. The molecule has 3 unspecified atom stereocenters. The van der Waals surface area contributed by atoms with E-state index in [0.717, 1.165) is 23.2 Å². The van der Waals surface area contributed by atoms with Gasteiger partial charge in [-0.2, -0.15) is 0 Å². The van der Waals surface area contributed by atoms with Crippen LogP contribution < -0.4 is 10.6 Å². The van der Waals surface area contributed by atoms with E-state index >= 15 is 0 Å². The van der Waals surface area contributed by atoms with E-state index in [9.17, 15) is 4.79 Å². The van der Waals surface area contributed by atoms with Crippen molar-refractivity contribution in [3.63, 3.8) is 0 Å². The van der Waals surface area contributed by atoms with Gasteiger partial charge in [-0.15, -0.1) is 0 Å². The molecule has 2 rings (SSSR count). The molecule has 0 spiro atoms. The summed E-state index contributed by atoms with van der Waals surface area (Å²) in [4.78, 5) is 11.1. The Labute approximate surface area is 122 Å². The van der Waals surface area contributed by atoms with E-state index < -0.39 is 0 Å². The number of hydrogen-bond acceptors (Lipinski definition) is 2. The van der Waals surface area contributed by atoms with Gasteiger partial charge < -0.3 is 10.6 Å². The molecule has 20 heavy (non-hydrogen) atoms. The number of aryl methyl sites for hydroxylation is 1. The first kappa shape index (κ1) is 14.9. The van der Waals surface area contributed by atoms with Crippen molar-refractivity contribution in [2.24, 2.45) is 11.8 Å². The second-order valence-electron chi connectivity index (χ2n) is 6.32. The van der Waals surface area contributed by atoms with Crippen LogP contribution in [0.5, 0.6) is 0 Å². The highest BCUT2D eigenvalue weighted by Crippen LogP contribution is 2.32. The Hall–Kier alpha value is -1.51. The van der Waals surface area contributed by atoms with Crippen molar-refractivity contribution in [3.8, 4) is 0 Å². The molecule has 3 atom stereocenters. The molecule has 1 saturated carbocycles. The molecule has 0 aromatic heterocycles. The second-order valence-corrected chi connectivity index (χ2v) is 6.32. The normalized spacial score (nSPS) is 26.1. The average molecular weight is 274 g/mol.